The Labute approximate surface area is 60.3 Å². The highest BCUT2D eigenvalue weighted by atomic mass is 35.5. The van der Waals surface area contributed by atoms with Crippen molar-refractivity contribution < 1.29 is 0 Å². The predicted molar refractivity (Wildman–Crippen MR) is 36.4 cm³/mol. The van der Waals surface area contributed by atoms with Crippen molar-refractivity contribution in [3.05, 3.63) is 33.1 Å². The first-order valence-electron chi connectivity index (χ1n) is 2.39. The first-order chi connectivity index (χ1) is 4.63. The Morgan fingerprint density at radius 1 is 1.50 bits per heavy atom. The van der Waals surface area contributed by atoms with Crippen LogP contribution >= 0.6 is 11.8 Å². The third-order valence-corrected chi connectivity index (χ3v) is 1.23. The van der Waals surface area contributed by atoms with E-state index >= 15 is 0 Å². The lowest BCUT2D eigenvalue weighted by Crippen LogP contribution is -2.41. The molecule has 6 heteroatoms. The molecule has 0 saturated heterocycles. The number of nitrogens with two attached hydrogens (primary N) is 1. The number of hydrogen-bond acceptors (Lipinski definition) is 3. The van der Waals surface area contributed by atoms with Gasteiger partial charge in [0.25, 0.3) is 5.56 Å². The molecule has 1 heterocycles. The van der Waals surface area contributed by atoms with Crippen LogP contribution in [0.25, 0.3) is 0 Å². The monoisotopic (exact) mass is 161 g/mol. The highest BCUT2D eigenvalue weighted by Crippen LogP contribution is 1.75. The minimum absolute atomic E-state index is 0.424. The summed E-state index contributed by atoms with van der Waals surface area (Å²) in [5, 5.41) is 0. The van der Waals surface area contributed by atoms with Crippen molar-refractivity contribution in [3.8, 4) is 0 Å². The van der Waals surface area contributed by atoms with Gasteiger partial charge >= 0.3 is 5.69 Å². The molecule has 0 aromatic carbocycles. The molecule has 2 N–H and O–H groups in total. The van der Waals surface area contributed by atoms with Crippen molar-refractivity contribution in [2.75, 3.05) is 5.84 Å². The van der Waals surface area contributed by atoms with Crippen molar-refractivity contribution in [2.45, 2.75) is 0 Å². The van der Waals surface area contributed by atoms with Gasteiger partial charge in [0, 0.05) is 24.0 Å². The topological polar surface area (TPSA) is 70.0 Å². The highest BCUT2D eigenvalue weighted by molar-refractivity contribution is 6.15. The molecule has 5 nitrogen and oxygen atoms in total. The Hall–Kier alpha value is -1.23. The van der Waals surface area contributed by atoms with Gasteiger partial charge in [-0.2, -0.15) is 4.68 Å². The summed E-state index contributed by atoms with van der Waals surface area (Å²) in [5.41, 5.74) is -1.34. The van der Waals surface area contributed by atoms with Crippen LogP contribution in [0.1, 0.15) is 0 Å². The molecule has 0 fully saturated rings. The van der Waals surface area contributed by atoms with Crippen molar-refractivity contribution in [1.29, 1.82) is 0 Å². The largest absolute Gasteiger partial charge is 0.364 e. The summed E-state index contributed by atoms with van der Waals surface area (Å²) in [6.07, 6.45) is 1.13. The van der Waals surface area contributed by atoms with E-state index < -0.39 is 11.2 Å². The Balaban J connectivity index is 3.66. The lowest BCUT2D eigenvalue weighted by Gasteiger charge is -1.94. The van der Waals surface area contributed by atoms with Gasteiger partial charge < -0.3 is 5.84 Å². The molecule has 0 unspecified atom stereocenters. The van der Waals surface area contributed by atoms with Crippen LogP contribution in [-0.2, 0) is 0 Å². The lowest BCUT2D eigenvalue weighted by atomic mass is 10.7. The smallest absolute Gasteiger partial charge is 0.332 e. The Morgan fingerprint density at radius 3 is 2.60 bits per heavy atom. The molecule has 0 bridgehead atoms. The zero-order valence-electron chi connectivity index (χ0n) is 4.82. The number of aromatic nitrogens is 2. The molecule has 10 heavy (non-hydrogen) atoms. The van der Waals surface area contributed by atoms with Gasteiger partial charge in [-0.1, -0.05) is 0 Å². The molecule has 0 spiro atoms. The van der Waals surface area contributed by atoms with E-state index in [1.165, 1.54) is 0 Å². The summed E-state index contributed by atoms with van der Waals surface area (Å²) in [6, 6.07) is 1.09. The van der Waals surface area contributed by atoms with Gasteiger partial charge in [-0.15, -0.1) is 0 Å². The summed E-state index contributed by atoms with van der Waals surface area (Å²) in [4.78, 5) is 21.2. The van der Waals surface area contributed by atoms with Gasteiger partial charge in [0.2, 0.25) is 0 Å². The van der Waals surface area contributed by atoms with Crippen LogP contribution < -0.4 is 17.1 Å². The minimum atomic E-state index is -0.755. The molecule has 0 aliphatic heterocycles. The first-order valence-corrected chi connectivity index (χ1v) is 2.72. The van der Waals surface area contributed by atoms with E-state index in [0.29, 0.717) is 8.76 Å². The van der Waals surface area contributed by atoms with E-state index in [1.807, 2.05) is 0 Å². The van der Waals surface area contributed by atoms with Crippen molar-refractivity contribution >= 4 is 11.8 Å². The fraction of sp³-hybridized carbons (Fsp3) is 0. The predicted octanol–water partition coefficient (Wildman–Crippen LogP) is -1.27. The van der Waals surface area contributed by atoms with Gasteiger partial charge in [-0.3, -0.25) is 4.79 Å². The van der Waals surface area contributed by atoms with Crippen LogP contribution in [0.3, 0.4) is 0 Å². The molecule has 1 rings (SSSR count). The summed E-state index contributed by atoms with van der Waals surface area (Å²) >= 11 is 5.25. The average molecular weight is 162 g/mol. The van der Waals surface area contributed by atoms with Crippen LogP contribution in [0.2, 0.25) is 0 Å². The molecular weight excluding hydrogens is 158 g/mol. The van der Waals surface area contributed by atoms with Crippen LogP contribution in [-0.4, -0.2) is 8.76 Å². The van der Waals surface area contributed by atoms with Gasteiger partial charge in [0.1, 0.15) is 0 Å². The molecule has 0 atom stereocenters. The summed E-state index contributed by atoms with van der Waals surface area (Å²) in [5.74, 6) is 4.97. The second kappa shape index (κ2) is 2.18. The summed E-state index contributed by atoms with van der Waals surface area (Å²) in [6.45, 7) is 0. The Morgan fingerprint density at radius 2 is 2.10 bits per heavy atom. The molecule has 1 aromatic rings. The molecule has 0 aliphatic rings. The van der Waals surface area contributed by atoms with E-state index in [0.717, 1.165) is 12.3 Å². The minimum Gasteiger partial charge on any atom is -0.332 e. The lowest BCUT2D eigenvalue weighted by molar-refractivity contribution is 0.808. The molecule has 0 radical (unpaired) electrons. The van der Waals surface area contributed by atoms with Gasteiger partial charge in [-0.05, 0) is 0 Å². The third kappa shape index (κ3) is 0.906. The third-order valence-electron chi connectivity index (χ3n) is 0.974. The maximum absolute atomic E-state index is 10.7. The van der Waals surface area contributed by atoms with Gasteiger partial charge in [-0.25, -0.2) is 8.88 Å². The fourth-order valence-electron chi connectivity index (χ4n) is 0.470. The molecule has 54 valence electrons. The van der Waals surface area contributed by atoms with E-state index in [2.05, 4.69) is 0 Å². The molecule has 0 aliphatic carbocycles. The first kappa shape index (κ1) is 6.88. The number of hydrogen-bond donors (Lipinski definition) is 1. The number of nitrogens with zero attached hydrogens (tertiary/aromatic N) is 2. The maximum Gasteiger partial charge on any atom is 0.364 e. The average Bonchev–Trinajstić information content (AvgIpc) is 1.93. The van der Waals surface area contributed by atoms with E-state index in [9.17, 15) is 9.59 Å². The van der Waals surface area contributed by atoms with Crippen molar-refractivity contribution in [3.63, 3.8) is 0 Å². The molecular formula is C4H4ClN3O2. The Kier molecular flexibility index (Phi) is 1.50. The van der Waals surface area contributed by atoms with Crippen LogP contribution in [0.15, 0.2) is 21.9 Å². The second-order valence-corrected chi connectivity index (χ2v) is 1.98. The van der Waals surface area contributed by atoms with Gasteiger partial charge in [0.05, 0.1) is 0 Å². The summed E-state index contributed by atoms with van der Waals surface area (Å²) < 4.78 is 1.12. The zero-order valence-corrected chi connectivity index (χ0v) is 5.58. The summed E-state index contributed by atoms with van der Waals surface area (Å²) in [7, 11) is 0. The molecule has 1 aromatic heterocycles. The van der Waals surface area contributed by atoms with E-state index in [4.69, 9.17) is 17.6 Å². The zero-order chi connectivity index (χ0) is 7.72. The van der Waals surface area contributed by atoms with Crippen LogP contribution in [0, 0.1) is 0 Å². The van der Waals surface area contributed by atoms with Crippen molar-refractivity contribution in [1.82, 2.24) is 8.76 Å². The SMILES string of the molecule is Nn1c(=O)ccn(Cl)c1=O. The molecule has 0 saturated carbocycles. The number of rotatable bonds is 0. The second-order valence-electron chi connectivity index (χ2n) is 1.62. The highest BCUT2D eigenvalue weighted by Gasteiger charge is 1.96. The van der Waals surface area contributed by atoms with E-state index in [-0.39, 0.29) is 0 Å². The van der Waals surface area contributed by atoms with E-state index in [1.54, 1.807) is 0 Å². The number of nitrogen functional groups attached to an aromatic ring is 1. The normalized spacial score (nSPS) is 9.70. The quantitative estimate of drug-likeness (QED) is 0.482. The number of halogens is 1. The standard InChI is InChI=1S/C4H4ClN3O2/c5-7-2-1-3(9)8(6)4(7)10/h1-2H,6H2. The van der Waals surface area contributed by atoms with Crippen molar-refractivity contribution in [2.24, 2.45) is 0 Å². The Bertz CT molecular complexity index is 352. The van der Waals surface area contributed by atoms with Crippen LogP contribution in [0.5, 0.6) is 0 Å². The molecule has 0 amide bonds. The maximum atomic E-state index is 10.7. The van der Waals surface area contributed by atoms with Crippen LogP contribution in [0.4, 0.5) is 0 Å². The fourth-order valence-corrected chi connectivity index (χ4v) is 0.608. The van der Waals surface area contributed by atoms with Gasteiger partial charge in [0.15, 0.2) is 0 Å².